The predicted octanol–water partition coefficient (Wildman–Crippen LogP) is 6.10. The van der Waals surface area contributed by atoms with E-state index in [0.29, 0.717) is 17.7 Å². The number of hydrogen-bond donors (Lipinski definition) is 1. The van der Waals surface area contributed by atoms with Crippen molar-refractivity contribution in [3.8, 4) is 11.1 Å². The number of benzene rings is 4. The maximum absolute atomic E-state index is 13.2. The first-order chi connectivity index (χ1) is 15.7. The van der Waals surface area contributed by atoms with Gasteiger partial charge in [-0.25, -0.2) is 0 Å². The van der Waals surface area contributed by atoms with E-state index < -0.39 is 0 Å². The standard InChI is InChI=1S/C28H23N3O.BrH/c29-28-30(19-21-10-3-1-4-11-21)25-16-7-8-17-26(25)31(28)20-27(32)24-15-9-14-23(18-24)22-12-5-2-6-13-22;/h1-18,29H,19-20H2;1H. The maximum atomic E-state index is 13.2. The van der Waals surface area contributed by atoms with Crippen LogP contribution < -0.4 is 5.62 Å². The topological polar surface area (TPSA) is 50.8 Å². The van der Waals surface area contributed by atoms with Crippen LogP contribution in [0.15, 0.2) is 109 Å². The number of Topliss-reactive ketones (excluding diaryl/α,β-unsaturated/α-hetero) is 1. The van der Waals surface area contributed by atoms with Gasteiger partial charge in [-0.3, -0.25) is 10.2 Å². The lowest BCUT2D eigenvalue weighted by atomic mass is 10.0. The molecule has 33 heavy (non-hydrogen) atoms. The molecule has 164 valence electrons. The molecular formula is C28H24BrN3O. The Morgan fingerprint density at radius 3 is 1.94 bits per heavy atom. The second-order valence-corrected chi connectivity index (χ2v) is 7.84. The number of hydrogen-bond acceptors (Lipinski definition) is 2. The molecule has 1 N–H and O–H groups in total. The number of carbonyl (C=O) groups excluding carboxylic acids is 1. The van der Waals surface area contributed by atoms with Crippen LogP contribution >= 0.6 is 17.0 Å². The van der Waals surface area contributed by atoms with Crippen LogP contribution in [0.3, 0.4) is 0 Å². The summed E-state index contributed by atoms with van der Waals surface area (Å²) in [4.78, 5) is 13.2. The molecule has 0 radical (unpaired) electrons. The van der Waals surface area contributed by atoms with Crippen molar-refractivity contribution in [2.75, 3.05) is 0 Å². The molecule has 5 rings (SSSR count). The maximum Gasteiger partial charge on any atom is 0.203 e. The third-order valence-corrected chi connectivity index (χ3v) is 5.75. The highest BCUT2D eigenvalue weighted by Gasteiger charge is 2.15. The molecule has 1 heterocycles. The molecule has 0 saturated heterocycles. The van der Waals surface area contributed by atoms with Gasteiger partial charge in [-0.1, -0.05) is 91.0 Å². The number of halogens is 1. The average Bonchev–Trinajstić information content (AvgIpc) is 3.11. The van der Waals surface area contributed by atoms with Crippen molar-refractivity contribution < 1.29 is 4.79 Å². The molecule has 4 nitrogen and oxygen atoms in total. The van der Waals surface area contributed by atoms with Gasteiger partial charge in [0.05, 0.1) is 24.1 Å². The van der Waals surface area contributed by atoms with Crippen molar-refractivity contribution in [2.24, 2.45) is 0 Å². The van der Waals surface area contributed by atoms with Crippen LogP contribution in [0.5, 0.6) is 0 Å². The van der Waals surface area contributed by atoms with E-state index in [-0.39, 0.29) is 29.3 Å². The highest BCUT2D eigenvalue weighted by Crippen LogP contribution is 2.21. The Kier molecular flexibility index (Phi) is 6.71. The van der Waals surface area contributed by atoms with E-state index in [1.807, 2.05) is 102 Å². The number of imidazole rings is 1. The van der Waals surface area contributed by atoms with Crippen molar-refractivity contribution >= 4 is 33.8 Å². The Morgan fingerprint density at radius 1 is 0.667 bits per heavy atom. The van der Waals surface area contributed by atoms with Crippen LogP contribution in [0, 0.1) is 5.41 Å². The summed E-state index contributed by atoms with van der Waals surface area (Å²) in [6.45, 7) is 0.713. The predicted molar refractivity (Wildman–Crippen MR) is 138 cm³/mol. The average molecular weight is 498 g/mol. The fourth-order valence-corrected chi connectivity index (χ4v) is 4.12. The van der Waals surface area contributed by atoms with Gasteiger partial charge >= 0.3 is 0 Å². The number of rotatable bonds is 6. The Balaban J connectivity index is 0.00000259. The van der Waals surface area contributed by atoms with E-state index in [9.17, 15) is 4.79 Å². The van der Waals surface area contributed by atoms with Crippen LogP contribution in [-0.4, -0.2) is 14.9 Å². The molecule has 0 spiro atoms. The van der Waals surface area contributed by atoms with E-state index >= 15 is 0 Å². The number of carbonyl (C=O) groups is 1. The summed E-state index contributed by atoms with van der Waals surface area (Å²) < 4.78 is 3.76. The van der Waals surface area contributed by atoms with Gasteiger partial charge in [0.1, 0.15) is 0 Å². The minimum atomic E-state index is -0.0103. The van der Waals surface area contributed by atoms with Crippen molar-refractivity contribution in [3.05, 3.63) is 126 Å². The van der Waals surface area contributed by atoms with E-state index in [1.165, 1.54) is 0 Å². The minimum absolute atomic E-state index is 0. The van der Waals surface area contributed by atoms with Gasteiger partial charge in [0, 0.05) is 5.56 Å². The first kappa shape index (κ1) is 22.5. The third kappa shape index (κ3) is 4.59. The summed E-state index contributed by atoms with van der Waals surface area (Å²) in [5.41, 5.74) is 6.03. The molecule has 5 heteroatoms. The number of ketones is 1. The summed E-state index contributed by atoms with van der Waals surface area (Å²) in [6.07, 6.45) is 0. The van der Waals surface area contributed by atoms with E-state index in [1.54, 1.807) is 4.57 Å². The molecule has 0 unspecified atom stereocenters. The Morgan fingerprint density at radius 2 is 1.24 bits per heavy atom. The number of fused-ring (bicyclic) bond motifs is 1. The van der Waals surface area contributed by atoms with E-state index in [0.717, 1.165) is 27.7 Å². The molecule has 0 fully saturated rings. The van der Waals surface area contributed by atoms with Gasteiger partial charge in [0.15, 0.2) is 5.78 Å². The third-order valence-electron chi connectivity index (χ3n) is 5.75. The van der Waals surface area contributed by atoms with Crippen molar-refractivity contribution in [3.63, 3.8) is 0 Å². The first-order valence-corrected chi connectivity index (χ1v) is 10.7. The largest absolute Gasteiger partial charge is 0.306 e. The minimum Gasteiger partial charge on any atom is -0.306 e. The normalized spacial score (nSPS) is 10.7. The van der Waals surface area contributed by atoms with E-state index in [2.05, 4.69) is 12.1 Å². The zero-order valence-corrected chi connectivity index (χ0v) is 19.7. The molecular weight excluding hydrogens is 474 g/mol. The fraction of sp³-hybridized carbons (Fsp3) is 0.0714. The summed E-state index contributed by atoms with van der Waals surface area (Å²) in [6, 6.07) is 35.8. The lowest BCUT2D eigenvalue weighted by Crippen LogP contribution is -2.27. The lowest BCUT2D eigenvalue weighted by molar-refractivity contribution is 0.0971. The van der Waals surface area contributed by atoms with Gasteiger partial charge < -0.3 is 9.13 Å². The SMILES string of the molecule is Br.N=c1n(CC(=O)c2cccc(-c3ccccc3)c2)c2ccccc2n1Cc1ccccc1. The quantitative estimate of drug-likeness (QED) is 0.283. The Hall–Kier alpha value is -3.70. The second kappa shape index (κ2) is 9.84. The summed E-state index contributed by atoms with van der Waals surface area (Å²) in [5.74, 6) is -0.0103. The summed E-state index contributed by atoms with van der Waals surface area (Å²) >= 11 is 0. The lowest BCUT2D eigenvalue weighted by Gasteiger charge is -2.07. The van der Waals surface area contributed by atoms with Gasteiger partial charge in [0.25, 0.3) is 0 Å². The molecule has 0 bridgehead atoms. The molecule has 5 aromatic rings. The zero-order valence-electron chi connectivity index (χ0n) is 18.0. The zero-order chi connectivity index (χ0) is 21.9. The second-order valence-electron chi connectivity index (χ2n) is 7.84. The monoisotopic (exact) mass is 497 g/mol. The number of aromatic nitrogens is 2. The first-order valence-electron chi connectivity index (χ1n) is 10.7. The van der Waals surface area contributed by atoms with Gasteiger partial charge in [-0.05, 0) is 34.9 Å². The van der Waals surface area contributed by atoms with Gasteiger partial charge in [0.2, 0.25) is 5.62 Å². The van der Waals surface area contributed by atoms with Crippen LogP contribution in [0.25, 0.3) is 22.2 Å². The highest BCUT2D eigenvalue weighted by atomic mass is 79.9. The van der Waals surface area contributed by atoms with Crippen molar-refractivity contribution in [2.45, 2.75) is 13.1 Å². The van der Waals surface area contributed by atoms with Crippen LogP contribution in [0.4, 0.5) is 0 Å². The Labute approximate surface area is 203 Å². The number of para-hydroxylation sites is 2. The smallest absolute Gasteiger partial charge is 0.203 e. The van der Waals surface area contributed by atoms with Crippen LogP contribution in [-0.2, 0) is 13.1 Å². The Bertz CT molecular complexity index is 1450. The summed E-state index contributed by atoms with van der Waals surface area (Å²) in [5, 5.41) is 8.83. The highest BCUT2D eigenvalue weighted by molar-refractivity contribution is 8.93. The molecule has 0 atom stereocenters. The van der Waals surface area contributed by atoms with Crippen LogP contribution in [0.2, 0.25) is 0 Å². The van der Waals surface area contributed by atoms with Crippen LogP contribution in [0.1, 0.15) is 15.9 Å². The number of nitrogens with one attached hydrogen (secondary N) is 1. The molecule has 0 aliphatic rings. The molecule has 0 aliphatic carbocycles. The van der Waals surface area contributed by atoms with Crippen molar-refractivity contribution in [1.82, 2.24) is 9.13 Å². The molecule has 4 aromatic carbocycles. The van der Waals surface area contributed by atoms with E-state index in [4.69, 9.17) is 5.41 Å². The number of nitrogens with zero attached hydrogens (tertiary/aromatic N) is 2. The summed E-state index contributed by atoms with van der Waals surface area (Å²) in [7, 11) is 0. The molecule has 0 amide bonds. The molecule has 0 aliphatic heterocycles. The molecule has 1 aromatic heterocycles. The van der Waals surface area contributed by atoms with Gasteiger partial charge in [-0.15, -0.1) is 17.0 Å². The fourth-order valence-electron chi connectivity index (χ4n) is 4.12. The van der Waals surface area contributed by atoms with Gasteiger partial charge in [-0.2, -0.15) is 0 Å². The van der Waals surface area contributed by atoms with Crippen molar-refractivity contribution in [1.29, 1.82) is 5.41 Å². The molecule has 0 saturated carbocycles.